The summed E-state index contributed by atoms with van der Waals surface area (Å²) in [6.45, 7) is 4.21. The van der Waals surface area contributed by atoms with Gasteiger partial charge in [0.05, 0.1) is 0 Å². The summed E-state index contributed by atoms with van der Waals surface area (Å²) in [5.74, 6) is 0. The molecule has 2 aromatic rings. The molecule has 4 heteroatoms. The van der Waals surface area contributed by atoms with Crippen molar-refractivity contribution < 1.29 is 0 Å². The number of aryl methyl sites for hydroxylation is 1. The number of aromatic nitrogens is 1. The quantitative estimate of drug-likeness (QED) is 0.663. The molecule has 0 spiro atoms. The fraction of sp³-hybridized carbons (Fsp3) is 0.250. The van der Waals surface area contributed by atoms with Gasteiger partial charge in [0.2, 0.25) is 0 Å². The predicted octanol–water partition coefficient (Wildman–Crippen LogP) is 3.89. The Morgan fingerprint density at radius 3 is 2.56 bits per heavy atom. The summed E-state index contributed by atoms with van der Waals surface area (Å²) in [5, 5.41) is 2.49. The third-order valence-electron chi connectivity index (χ3n) is 2.28. The van der Waals surface area contributed by atoms with E-state index in [-0.39, 0.29) is 0 Å². The summed E-state index contributed by atoms with van der Waals surface area (Å²) in [4.78, 5) is 4.45. The molecule has 2 rings (SSSR count). The Bertz CT molecular complexity index is 462. The zero-order chi connectivity index (χ0) is 11.5. The molecule has 0 fully saturated rings. The van der Waals surface area contributed by atoms with Gasteiger partial charge in [-0.3, -0.25) is 0 Å². The topological polar surface area (TPSA) is 38.9 Å². The van der Waals surface area contributed by atoms with Crippen LogP contribution in [0, 0.1) is 6.92 Å². The van der Waals surface area contributed by atoms with Crippen molar-refractivity contribution in [2.75, 3.05) is 5.73 Å². The van der Waals surface area contributed by atoms with Crippen LogP contribution in [0.2, 0.25) is 0 Å². The van der Waals surface area contributed by atoms with Gasteiger partial charge in [-0.05, 0) is 31.5 Å². The molecule has 1 aromatic carbocycles. The zero-order valence-corrected chi connectivity index (χ0v) is 10.9. The van der Waals surface area contributed by atoms with Gasteiger partial charge >= 0.3 is 0 Å². The predicted molar refractivity (Wildman–Crippen MR) is 72.0 cm³/mol. The summed E-state index contributed by atoms with van der Waals surface area (Å²) in [6.07, 6.45) is 0. The molecule has 84 valence electrons. The van der Waals surface area contributed by atoms with Gasteiger partial charge in [-0.15, -0.1) is 11.3 Å². The number of benzene rings is 1. The van der Waals surface area contributed by atoms with Crippen LogP contribution >= 0.6 is 23.1 Å². The van der Waals surface area contributed by atoms with Gasteiger partial charge in [-0.25, -0.2) is 4.98 Å². The van der Waals surface area contributed by atoms with E-state index in [1.165, 1.54) is 5.56 Å². The Labute approximate surface area is 104 Å². The number of nitrogen functional groups attached to an aromatic ring is 1. The van der Waals surface area contributed by atoms with Crippen LogP contribution in [0.25, 0.3) is 0 Å². The molecule has 0 radical (unpaired) electrons. The molecule has 0 saturated heterocycles. The summed E-state index contributed by atoms with van der Waals surface area (Å²) in [7, 11) is 0. The Hall–Kier alpha value is -1.00. The van der Waals surface area contributed by atoms with Crippen LogP contribution in [0.4, 0.5) is 5.69 Å². The van der Waals surface area contributed by atoms with Crippen molar-refractivity contribution in [1.82, 2.24) is 4.98 Å². The Kier molecular flexibility index (Phi) is 3.51. The number of rotatable bonds is 3. The third-order valence-corrected chi connectivity index (χ3v) is 4.53. The molecule has 1 unspecified atom stereocenters. The normalized spacial score (nSPS) is 12.6. The Morgan fingerprint density at radius 2 is 2.00 bits per heavy atom. The van der Waals surface area contributed by atoms with Crippen molar-refractivity contribution in [3.05, 3.63) is 40.9 Å². The van der Waals surface area contributed by atoms with Crippen LogP contribution in [0.1, 0.15) is 23.4 Å². The summed E-state index contributed by atoms with van der Waals surface area (Å²) >= 11 is 3.49. The molecule has 1 atom stereocenters. The first-order valence-corrected chi connectivity index (χ1v) is 6.85. The van der Waals surface area contributed by atoms with Crippen molar-refractivity contribution in [2.45, 2.75) is 23.4 Å². The lowest BCUT2D eigenvalue weighted by molar-refractivity contribution is 1.08. The van der Waals surface area contributed by atoms with Gasteiger partial charge in [0.1, 0.15) is 0 Å². The van der Waals surface area contributed by atoms with Crippen LogP contribution in [0.3, 0.4) is 0 Å². The van der Waals surface area contributed by atoms with Crippen molar-refractivity contribution in [3.8, 4) is 0 Å². The van der Waals surface area contributed by atoms with Gasteiger partial charge in [-0.1, -0.05) is 23.9 Å². The second-order valence-corrected chi connectivity index (χ2v) is 6.13. The monoisotopic (exact) mass is 250 g/mol. The lowest BCUT2D eigenvalue weighted by Crippen LogP contribution is -1.90. The van der Waals surface area contributed by atoms with Crippen molar-refractivity contribution in [1.29, 1.82) is 0 Å². The highest BCUT2D eigenvalue weighted by atomic mass is 32.2. The maximum atomic E-state index is 5.67. The molecule has 2 nitrogen and oxygen atoms in total. The molecule has 2 N–H and O–H groups in total. The van der Waals surface area contributed by atoms with Gasteiger partial charge in [0, 0.05) is 22.0 Å². The first kappa shape index (κ1) is 11.5. The highest BCUT2D eigenvalue weighted by Crippen LogP contribution is 2.36. The standard InChI is InChI=1S/C12H14N2S2/c1-8-7-15-12(14-8)16-9(2)10-3-5-11(13)6-4-10/h3-7,9H,13H2,1-2H3. The molecular weight excluding hydrogens is 236 g/mol. The SMILES string of the molecule is Cc1csc(SC(C)c2ccc(N)cc2)n1. The largest absolute Gasteiger partial charge is 0.399 e. The average Bonchev–Trinajstić information content (AvgIpc) is 2.65. The van der Waals surface area contributed by atoms with Crippen LogP contribution in [0.15, 0.2) is 34.0 Å². The minimum atomic E-state index is 0.408. The molecule has 1 heterocycles. The number of nitrogens with two attached hydrogens (primary N) is 1. The number of thioether (sulfide) groups is 1. The van der Waals surface area contributed by atoms with Crippen molar-refractivity contribution in [2.24, 2.45) is 0 Å². The van der Waals surface area contributed by atoms with Gasteiger partial charge < -0.3 is 5.73 Å². The van der Waals surface area contributed by atoms with E-state index in [4.69, 9.17) is 5.73 Å². The second-order valence-electron chi connectivity index (χ2n) is 3.68. The number of hydrogen-bond acceptors (Lipinski definition) is 4. The highest BCUT2D eigenvalue weighted by Gasteiger charge is 2.09. The highest BCUT2D eigenvalue weighted by molar-refractivity contribution is 8.01. The van der Waals surface area contributed by atoms with Gasteiger partial charge in [0.15, 0.2) is 4.34 Å². The van der Waals surface area contributed by atoms with Gasteiger partial charge in [-0.2, -0.15) is 0 Å². The van der Waals surface area contributed by atoms with Crippen LogP contribution in [-0.2, 0) is 0 Å². The number of anilines is 1. The molecule has 0 bridgehead atoms. The minimum Gasteiger partial charge on any atom is -0.399 e. The van der Waals surface area contributed by atoms with E-state index in [9.17, 15) is 0 Å². The lowest BCUT2D eigenvalue weighted by Gasteiger charge is -2.09. The average molecular weight is 250 g/mol. The fourth-order valence-electron chi connectivity index (χ4n) is 1.37. The van der Waals surface area contributed by atoms with Crippen molar-refractivity contribution >= 4 is 28.8 Å². The zero-order valence-electron chi connectivity index (χ0n) is 9.31. The first-order valence-electron chi connectivity index (χ1n) is 5.09. The Morgan fingerprint density at radius 1 is 1.31 bits per heavy atom. The van der Waals surface area contributed by atoms with E-state index in [2.05, 4.69) is 29.4 Å². The second kappa shape index (κ2) is 4.89. The fourth-order valence-corrected chi connectivity index (χ4v) is 3.49. The summed E-state index contributed by atoms with van der Waals surface area (Å²) in [6, 6.07) is 8.04. The summed E-state index contributed by atoms with van der Waals surface area (Å²) in [5.41, 5.74) is 8.86. The maximum Gasteiger partial charge on any atom is 0.150 e. The van der Waals surface area contributed by atoms with E-state index >= 15 is 0 Å². The molecule has 0 aliphatic heterocycles. The van der Waals surface area contributed by atoms with Gasteiger partial charge in [0.25, 0.3) is 0 Å². The Balaban J connectivity index is 2.08. The number of hydrogen-bond donors (Lipinski definition) is 1. The minimum absolute atomic E-state index is 0.408. The maximum absolute atomic E-state index is 5.67. The molecule has 16 heavy (non-hydrogen) atoms. The van der Waals surface area contributed by atoms with Crippen molar-refractivity contribution in [3.63, 3.8) is 0 Å². The van der Waals surface area contributed by atoms with Crippen LogP contribution in [-0.4, -0.2) is 4.98 Å². The third kappa shape index (κ3) is 2.77. The first-order chi connectivity index (χ1) is 7.65. The lowest BCUT2D eigenvalue weighted by atomic mass is 10.1. The van der Waals surface area contributed by atoms with E-state index < -0.39 is 0 Å². The molecule has 0 aliphatic rings. The summed E-state index contributed by atoms with van der Waals surface area (Å²) < 4.78 is 1.13. The van der Waals surface area contributed by atoms with E-state index in [0.29, 0.717) is 5.25 Å². The molecule has 1 aromatic heterocycles. The molecule has 0 aliphatic carbocycles. The molecule has 0 saturated carbocycles. The smallest absolute Gasteiger partial charge is 0.150 e. The number of nitrogens with zero attached hydrogens (tertiary/aromatic N) is 1. The van der Waals surface area contributed by atoms with Crippen LogP contribution < -0.4 is 5.73 Å². The van der Waals surface area contributed by atoms with Crippen LogP contribution in [0.5, 0.6) is 0 Å². The molecule has 0 amide bonds. The van der Waals surface area contributed by atoms with E-state index in [0.717, 1.165) is 15.7 Å². The number of thiazole rings is 1. The van der Waals surface area contributed by atoms with E-state index in [1.54, 1.807) is 23.1 Å². The molecular formula is C12H14N2S2. The van der Waals surface area contributed by atoms with E-state index in [1.807, 2.05) is 19.1 Å².